The predicted octanol–water partition coefficient (Wildman–Crippen LogP) is 2.16. The summed E-state index contributed by atoms with van der Waals surface area (Å²) in [5.41, 5.74) is 7.01. The van der Waals surface area contributed by atoms with Crippen molar-refractivity contribution < 1.29 is 13.5 Å². The molecule has 1 unspecified atom stereocenters. The van der Waals surface area contributed by atoms with Crippen LogP contribution in [0, 0.1) is 6.92 Å². The first kappa shape index (κ1) is 16.5. The number of hydrogen-bond acceptors (Lipinski definition) is 4. The van der Waals surface area contributed by atoms with Crippen molar-refractivity contribution in [1.82, 2.24) is 4.31 Å². The lowest BCUT2D eigenvalue weighted by molar-refractivity contribution is 0.264. The van der Waals surface area contributed by atoms with E-state index < -0.39 is 10.0 Å². The average molecular weight is 333 g/mol. The van der Waals surface area contributed by atoms with E-state index in [9.17, 15) is 8.42 Å². The normalized spacial score (nSPS) is 20.0. The third-order valence-corrected chi connectivity index (χ3v) is 6.34. The van der Waals surface area contributed by atoms with Gasteiger partial charge >= 0.3 is 0 Å². The summed E-state index contributed by atoms with van der Waals surface area (Å²) in [6.07, 6.45) is 2.90. The largest absolute Gasteiger partial charge is 0.398 e. The van der Waals surface area contributed by atoms with Crippen LogP contribution in [0.2, 0.25) is 5.02 Å². The molecule has 1 heterocycles. The van der Waals surface area contributed by atoms with E-state index >= 15 is 0 Å². The zero-order valence-electron chi connectivity index (χ0n) is 12.0. The first-order chi connectivity index (χ1) is 9.87. The zero-order valence-corrected chi connectivity index (χ0v) is 13.6. The van der Waals surface area contributed by atoms with Crippen molar-refractivity contribution in [2.75, 3.05) is 18.9 Å². The maximum Gasteiger partial charge on any atom is 0.244 e. The molecule has 1 aromatic carbocycles. The quantitative estimate of drug-likeness (QED) is 0.809. The Kier molecular flexibility index (Phi) is 5.14. The van der Waals surface area contributed by atoms with Gasteiger partial charge in [-0.25, -0.2) is 8.42 Å². The molecule has 0 radical (unpaired) electrons. The number of rotatable bonds is 5. The third-order valence-electron chi connectivity index (χ3n) is 3.93. The highest BCUT2D eigenvalue weighted by molar-refractivity contribution is 7.89. The fourth-order valence-electron chi connectivity index (χ4n) is 2.73. The van der Waals surface area contributed by atoms with Gasteiger partial charge in [-0.05, 0) is 50.3 Å². The van der Waals surface area contributed by atoms with Crippen LogP contribution in [0.3, 0.4) is 0 Å². The second-order valence-corrected chi connectivity index (χ2v) is 7.68. The van der Waals surface area contributed by atoms with Crippen molar-refractivity contribution in [1.29, 1.82) is 0 Å². The maximum atomic E-state index is 12.8. The standard InChI is InChI=1S/C14H21ClN2O3S/c1-10-8-12(15)14(9-13(10)16)21(19,20)17-6-2-4-11(17)5-3-7-18/h8-9,11,18H,2-7,16H2,1H3. The summed E-state index contributed by atoms with van der Waals surface area (Å²) in [5.74, 6) is 0. The van der Waals surface area contributed by atoms with Gasteiger partial charge in [0.25, 0.3) is 0 Å². The molecule has 1 aliphatic rings. The van der Waals surface area contributed by atoms with Crippen LogP contribution in [0.1, 0.15) is 31.2 Å². The molecule has 1 fully saturated rings. The Morgan fingerprint density at radius 3 is 2.86 bits per heavy atom. The Labute approximate surface area is 130 Å². The maximum absolute atomic E-state index is 12.8. The number of hydrogen-bond donors (Lipinski definition) is 2. The van der Waals surface area contributed by atoms with Crippen LogP contribution in [0.5, 0.6) is 0 Å². The molecule has 0 bridgehead atoms. The minimum atomic E-state index is -3.65. The number of aliphatic hydroxyl groups is 1. The summed E-state index contributed by atoms with van der Waals surface area (Å²) in [5, 5.41) is 9.14. The van der Waals surface area contributed by atoms with E-state index in [0.717, 1.165) is 18.4 Å². The van der Waals surface area contributed by atoms with E-state index in [2.05, 4.69) is 0 Å². The van der Waals surface area contributed by atoms with Crippen LogP contribution in [-0.2, 0) is 10.0 Å². The van der Waals surface area contributed by atoms with Crippen LogP contribution in [0.4, 0.5) is 5.69 Å². The summed E-state index contributed by atoms with van der Waals surface area (Å²) < 4.78 is 27.1. The number of benzene rings is 1. The van der Waals surface area contributed by atoms with Crippen molar-refractivity contribution in [3.8, 4) is 0 Å². The summed E-state index contributed by atoms with van der Waals surface area (Å²) in [6.45, 7) is 2.35. The molecule has 7 heteroatoms. The Balaban J connectivity index is 2.35. The molecule has 0 aromatic heterocycles. The molecule has 0 saturated carbocycles. The molecular formula is C14H21ClN2O3S. The fourth-order valence-corrected chi connectivity index (χ4v) is 5.05. The number of nitrogen functional groups attached to an aromatic ring is 1. The van der Waals surface area contributed by atoms with Gasteiger partial charge in [0.15, 0.2) is 0 Å². The lowest BCUT2D eigenvalue weighted by atomic mass is 10.1. The second kappa shape index (κ2) is 6.52. The zero-order chi connectivity index (χ0) is 15.6. The van der Waals surface area contributed by atoms with E-state index in [1.54, 1.807) is 13.0 Å². The first-order valence-electron chi connectivity index (χ1n) is 7.06. The van der Waals surface area contributed by atoms with Crippen molar-refractivity contribution in [3.63, 3.8) is 0 Å². The molecular weight excluding hydrogens is 312 g/mol. The summed E-state index contributed by atoms with van der Waals surface area (Å²) >= 11 is 6.12. The number of nitrogens with zero attached hydrogens (tertiary/aromatic N) is 1. The minimum Gasteiger partial charge on any atom is -0.398 e. The minimum absolute atomic E-state index is 0.0688. The smallest absolute Gasteiger partial charge is 0.244 e. The molecule has 5 nitrogen and oxygen atoms in total. The van der Waals surface area contributed by atoms with Gasteiger partial charge in [-0.15, -0.1) is 0 Å². The van der Waals surface area contributed by atoms with Crippen molar-refractivity contribution in [2.45, 2.75) is 43.5 Å². The molecule has 0 spiro atoms. The Morgan fingerprint density at radius 2 is 2.19 bits per heavy atom. The number of anilines is 1. The second-order valence-electron chi connectivity index (χ2n) is 5.42. The van der Waals surface area contributed by atoms with Gasteiger partial charge in [-0.1, -0.05) is 11.6 Å². The van der Waals surface area contributed by atoms with Crippen LogP contribution in [-0.4, -0.2) is 37.0 Å². The van der Waals surface area contributed by atoms with Crippen molar-refractivity contribution in [2.24, 2.45) is 0 Å². The number of nitrogens with two attached hydrogens (primary N) is 1. The van der Waals surface area contributed by atoms with Crippen LogP contribution in [0.15, 0.2) is 17.0 Å². The number of aliphatic hydroxyl groups excluding tert-OH is 1. The molecule has 0 aliphatic carbocycles. The molecule has 1 aliphatic heterocycles. The molecule has 1 saturated heterocycles. The summed E-state index contributed by atoms with van der Waals surface area (Å²) in [6, 6.07) is 2.96. The Morgan fingerprint density at radius 1 is 1.48 bits per heavy atom. The average Bonchev–Trinajstić information content (AvgIpc) is 2.89. The molecule has 21 heavy (non-hydrogen) atoms. The summed E-state index contributed by atoms with van der Waals surface area (Å²) in [4.78, 5) is 0.0724. The SMILES string of the molecule is Cc1cc(Cl)c(S(=O)(=O)N2CCCC2CCCO)cc1N. The lowest BCUT2D eigenvalue weighted by Crippen LogP contribution is -2.35. The van der Waals surface area contributed by atoms with Crippen molar-refractivity contribution >= 4 is 27.3 Å². The van der Waals surface area contributed by atoms with E-state index in [-0.39, 0.29) is 22.6 Å². The van der Waals surface area contributed by atoms with Crippen LogP contribution < -0.4 is 5.73 Å². The first-order valence-corrected chi connectivity index (χ1v) is 8.88. The number of aryl methyl sites for hydroxylation is 1. The van der Waals surface area contributed by atoms with E-state index in [1.165, 1.54) is 10.4 Å². The van der Waals surface area contributed by atoms with E-state index in [1.807, 2.05) is 0 Å². The van der Waals surface area contributed by atoms with Gasteiger partial charge in [0.2, 0.25) is 10.0 Å². The molecule has 0 amide bonds. The third kappa shape index (κ3) is 3.34. The van der Waals surface area contributed by atoms with Crippen LogP contribution in [0.25, 0.3) is 0 Å². The fraction of sp³-hybridized carbons (Fsp3) is 0.571. The Hall–Kier alpha value is -0.820. The van der Waals surface area contributed by atoms with Gasteiger partial charge < -0.3 is 10.8 Å². The molecule has 2 rings (SSSR count). The van der Waals surface area contributed by atoms with E-state index in [4.69, 9.17) is 22.4 Å². The lowest BCUT2D eigenvalue weighted by Gasteiger charge is -2.24. The number of sulfonamides is 1. The van der Waals surface area contributed by atoms with Gasteiger partial charge in [0.1, 0.15) is 4.90 Å². The molecule has 1 aromatic rings. The Bertz CT molecular complexity index is 619. The van der Waals surface area contributed by atoms with Gasteiger partial charge in [-0.3, -0.25) is 0 Å². The topological polar surface area (TPSA) is 83.6 Å². The van der Waals surface area contributed by atoms with Crippen molar-refractivity contribution in [3.05, 3.63) is 22.7 Å². The van der Waals surface area contributed by atoms with Crippen LogP contribution >= 0.6 is 11.6 Å². The monoisotopic (exact) mass is 332 g/mol. The molecule has 118 valence electrons. The molecule has 3 N–H and O–H groups in total. The summed E-state index contributed by atoms with van der Waals surface area (Å²) in [7, 11) is -3.65. The van der Waals surface area contributed by atoms with Gasteiger partial charge in [0.05, 0.1) is 5.02 Å². The highest BCUT2D eigenvalue weighted by atomic mass is 35.5. The predicted molar refractivity (Wildman–Crippen MR) is 83.8 cm³/mol. The highest BCUT2D eigenvalue weighted by Crippen LogP contribution is 2.33. The molecule has 1 atom stereocenters. The van der Waals surface area contributed by atoms with Gasteiger partial charge in [0, 0.05) is 24.9 Å². The van der Waals surface area contributed by atoms with Gasteiger partial charge in [-0.2, -0.15) is 4.31 Å². The highest BCUT2D eigenvalue weighted by Gasteiger charge is 2.36. The van der Waals surface area contributed by atoms with E-state index in [0.29, 0.717) is 25.1 Å². The number of halogens is 1.